The lowest BCUT2D eigenvalue weighted by Gasteiger charge is -2.29. The van der Waals surface area contributed by atoms with Crippen molar-refractivity contribution in [1.29, 1.82) is 0 Å². The number of alkyl halides is 2. The van der Waals surface area contributed by atoms with Gasteiger partial charge in [-0.05, 0) is 36.8 Å². The number of aromatic nitrogens is 1. The molecule has 0 fully saturated rings. The maximum atomic E-state index is 12.8. The molecule has 1 N–H and O–H groups in total. The number of carboxylic acids is 1. The Hall–Kier alpha value is -3.52. The molecule has 1 atom stereocenters. The molecule has 1 unspecified atom stereocenters. The first-order valence-corrected chi connectivity index (χ1v) is 10.2. The van der Waals surface area contributed by atoms with Gasteiger partial charge in [0, 0.05) is 22.1 Å². The van der Waals surface area contributed by atoms with Gasteiger partial charge in [0.25, 0.3) is 0 Å². The van der Waals surface area contributed by atoms with Crippen LogP contribution in [0.5, 0.6) is 11.5 Å². The molecule has 32 heavy (non-hydrogen) atoms. The summed E-state index contributed by atoms with van der Waals surface area (Å²) in [5, 5.41) is 12.6. The lowest BCUT2D eigenvalue weighted by molar-refractivity contribution is -0.905. The summed E-state index contributed by atoms with van der Waals surface area (Å²) in [5.41, 5.74) is 3.35. The molecule has 0 spiro atoms. The minimum Gasteiger partial charge on any atom is -0.545 e. The summed E-state index contributed by atoms with van der Waals surface area (Å²) >= 11 is 0. The van der Waals surface area contributed by atoms with Crippen LogP contribution in [0, 0.1) is 0 Å². The molecule has 4 rings (SSSR count). The van der Waals surface area contributed by atoms with E-state index in [0.29, 0.717) is 40.8 Å². The van der Waals surface area contributed by atoms with Gasteiger partial charge in [0.05, 0.1) is 30.8 Å². The van der Waals surface area contributed by atoms with Crippen LogP contribution in [0.4, 0.5) is 8.78 Å². The quantitative estimate of drug-likeness (QED) is 0.636. The van der Waals surface area contributed by atoms with Crippen LogP contribution in [0.3, 0.4) is 0 Å². The predicted molar refractivity (Wildman–Crippen MR) is 114 cm³/mol. The first-order valence-electron chi connectivity index (χ1n) is 10.2. The van der Waals surface area contributed by atoms with Gasteiger partial charge in [-0.25, -0.2) is 4.98 Å². The van der Waals surface area contributed by atoms with Gasteiger partial charge in [0.1, 0.15) is 13.1 Å². The zero-order chi connectivity index (χ0) is 22.8. The van der Waals surface area contributed by atoms with E-state index in [0.717, 1.165) is 17.0 Å². The van der Waals surface area contributed by atoms with E-state index in [2.05, 4.69) is 4.74 Å². The van der Waals surface area contributed by atoms with Crippen molar-refractivity contribution < 1.29 is 33.1 Å². The van der Waals surface area contributed by atoms with E-state index < -0.39 is 12.6 Å². The van der Waals surface area contributed by atoms with Crippen LogP contribution in [0.2, 0.25) is 0 Å². The highest BCUT2D eigenvalue weighted by Gasteiger charge is 2.28. The van der Waals surface area contributed by atoms with Crippen molar-refractivity contribution >= 4 is 28.5 Å². The fourth-order valence-corrected chi connectivity index (χ4v) is 4.13. The second kappa shape index (κ2) is 8.92. The number of carboxylic acid groups (broad SMARTS) is 1. The minimum absolute atomic E-state index is 0.0746. The van der Waals surface area contributed by atoms with E-state index in [4.69, 9.17) is 9.72 Å². The number of quaternary nitrogens is 1. The van der Waals surface area contributed by atoms with E-state index in [1.807, 2.05) is 13.0 Å². The van der Waals surface area contributed by atoms with Gasteiger partial charge in [-0.3, -0.25) is 0 Å². The molecule has 1 aromatic heterocycles. The molecule has 0 saturated heterocycles. The van der Waals surface area contributed by atoms with Crippen molar-refractivity contribution in [3.63, 3.8) is 0 Å². The number of nitrogens with zero attached hydrogens (tertiary/aromatic N) is 1. The standard InChI is InChI=1S/C24H22F2N2O4/c1-3-28-12-15(10-14-8-9-19(31-2)20(11-14)32-24(25)26)22-17(13-28)21(23(29)30)16-6-4-5-7-18(16)27-22/h4-11,24H,3,12-13H2,1-2H3,(H,29,30)/b15-10+. The van der Waals surface area contributed by atoms with E-state index in [-0.39, 0.29) is 17.1 Å². The Morgan fingerprint density at radius 1 is 1.22 bits per heavy atom. The molecule has 0 saturated carbocycles. The zero-order valence-electron chi connectivity index (χ0n) is 17.7. The second-order valence-corrected chi connectivity index (χ2v) is 7.53. The third-order valence-corrected chi connectivity index (χ3v) is 5.61. The molecule has 166 valence electrons. The van der Waals surface area contributed by atoms with Gasteiger partial charge in [-0.2, -0.15) is 8.78 Å². The largest absolute Gasteiger partial charge is 0.545 e. The minimum atomic E-state index is -2.99. The summed E-state index contributed by atoms with van der Waals surface area (Å²) in [6.07, 6.45) is 1.83. The van der Waals surface area contributed by atoms with Crippen LogP contribution < -0.4 is 19.5 Å². The van der Waals surface area contributed by atoms with Gasteiger partial charge < -0.3 is 24.3 Å². The SMILES string of the molecule is CC[NH+]1C/C(=C\c2ccc(OC)c(OC(F)F)c2)c2nc3ccccc3c(C(=O)[O-])c2C1. The van der Waals surface area contributed by atoms with E-state index in [9.17, 15) is 18.7 Å². The van der Waals surface area contributed by atoms with E-state index >= 15 is 0 Å². The average molecular weight is 440 g/mol. The molecule has 2 heterocycles. The maximum absolute atomic E-state index is 12.8. The number of hydrogen-bond donors (Lipinski definition) is 1. The highest BCUT2D eigenvalue weighted by Crippen LogP contribution is 2.33. The number of nitrogens with one attached hydrogen (secondary N) is 1. The molecular formula is C24H22F2N2O4. The number of fused-ring (bicyclic) bond motifs is 2. The van der Waals surface area contributed by atoms with Crippen LogP contribution in [0.15, 0.2) is 42.5 Å². The molecule has 1 aliphatic rings. The molecule has 6 nitrogen and oxygen atoms in total. The Bertz CT molecular complexity index is 1210. The summed E-state index contributed by atoms with van der Waals surface area (Å²) in [6.45, 7) is 0.928. The normalized spacial score (nSPS) is 16.9. The van der Waals surface area contributed by atoms with Crippen molar-refractivity contribution in [1.82, 2.24) is 4.98 Å². The first-order chi connectivity index (χ1) is 15.4. The van der Waals surface area contributed by atoms with Crippen molar-refractivity contribution in [3.8, 4) is 11.5 Å². The van der Waals surface area contributed by atoms with Crippen molar-refractivity contribution in [2.45, 2.75) is 20.1 Å². The molecule has 0 radical (unpaired) electrons. The number of halogens is 2. The van der Waals surface area contributed by atoms with Gasteiger partial charge in [-0.1, -0.05) is 24.3 Å². The molecule has 1 aliphatic heterocycles. The lowest BCUT2D eigenvalue weighted by Crippen LogP contribution is -3.11. The summed E-state index contributed by atoms with van der Waals surface area (Å²) in [4.78, 5) is 18.0. The predicted octanol–water partition coefficient (Wildman–Crippen LogP) is 2.17. The number of carbonyl (C=O) groups is 1. The Morgan fingerprint density at radius 2 is 2.00 bits per heavy atom. The van der Waals surface area contributed by atoms with E-state index in [1.165, 1.54) is 13.2 Å². The van der Waals surface area contributed by atoms with Gasteiger partial charge in [0.2, 0.25) is 0 Å². The Kier molecular flexibility index (Phi) is 6.05. The van der Waals surface area contributed by atoms with Gasteiger partial charge in [-0.15, -0.1) is 0 Å². The Balaban J connectivity index is 1.90. The fraction of sp³-hybridized carbons (Fsp3) is 0.250. The number of aromatic carboxylic acids is 1. The molecule has 0 amide bonds. The summed E-state index contributed by atoms with van der Waals surface area (Å²) < 4.78 is 35.3. The molecule has 8 heteroatoms. The van der Waals surface area contributed by atoms with Gasteiger partial charge >= 0.3 is 6.61 Å². The number of rotatable bonds is 6. The number of pyridine rings is 1. The van der Waals surface area contributed by atoms with Crippen LogP contribution >= 0.6 is 0 Å². The van der Waals surface area contributed by atoms with Crippen molar-refractivity contribution in [3.05, 3.63) is 64.8 Å². The molecule has 3 aromatic rings. The summed E-state index contributed by atoms with van der Waals surface area (Å²) in [5.74, 6) is -1.12. The molecule has 2 aromatic carbocycles. The molecular weight excluding hydrogens is 418 g/mol. The summed E-state index contributed by atoms with van der Waals surface area (Å²) in [6, 6.07) is 11.8. The van der Waals surface area contributed by atoms with Crippen LogP contribution in [-0.2, 0) is 6.54 Å². The average Bonchev–Trinajstić information content (AvgIpc) is 2.77. The molecule has 0 bridgehead atoms. The highest BCUT2D eigenvalue weighted by molar-refractivity contribution is 6.05. The third-order valence-electron chi connectivity index (χ3n) is 5.61. The number of carbonyl (C=O) groups excluding carboxylic acids is 1. The van der Waals surface area contributed by atoms with Crippen LogP contribution in [0.1, 0.15) is 34.1 Å². The monoisotopic (exact) mass is 440 g/mol. The fourth-order valence-electron chi connectivity index (χ4n) is 4.13. The first kappa shape index (κ1) is 21.7. The number of ether oxygens (including phenoxy) is 2. The number of hydrogen-bond acceptors (Lipinski definition) is 5. The Morgan fingerprint density at radius 3 is 2.69 bits per heavy atom. The zero-order valence-corrected chi connectivity index (χ0v) is 17.7. The summed E-state index contributed by atoms with van der Waals surface area (Å²) in [7, 11) is 1.38. The highest BCUT2D eigenvalue weighted by atomic mass is 19.3. The lowest BCUT2D eigenvalue weighted by atomic mass is 9.92. The smallest absolute Gasteiger partial charge is 0.387 e. The molecule has 0 aliphatic carbocycles. The van der Waals surface area contributed by atoms with Crippen LogP contribution in [0.25, 0.3) is 22.6 Å². The number of para-hydroxylation sites is 1. The van der Waals surface area contributed by atoms with Crippen molar-refractivity contribution in [2.24, 2.45) is 0 Å². The van der Waals surface area contributed by atoms with E-state index in [1.54, 1.807) is 36.4 Å². The maximum Gasteiger partial charge on any atom is 0.387 e. The van der Waals surface area contributed by atoms with Gasteiger partial charge in [0.15, 0.2) is 11.5 Å². The second-order valence-electron chi connectivity index (χ2n) is 7.53. The van der Waals surface area contributed by atoms with Crippen LogP contribution in [-0.4, -0.2) is 37.8 Å². The number of benzene rings is 2. The topological polar surface area (TPSA) is 75.9 Å². The Labute approximate surface area is 183 Å². The number of likely N-dealkylation sites (N-methyl/N-ethyl adjacent to an activating group) is 1. The van der Waals surface area contributed by atoms with Crippen molar-refractivity contribution in [2.75, 3.05) is 20.2 Å². The number of methoxy groups -OCH3 is 1. The third kappa shape index (κ3) is 4.13.